The first kappa shape index (κ1) is 13.9. The van der Waals surface area contributed by atoms with E-state index < -0.39 is 5.60 Å². The van der Waals surface area contributed by atoms with Crippen LogP contribution in [0.15, 0.2) is 36.5 Å². The van der Waals surface area contributed by atoms with Crippen LogP contribution in [0.3, 0.4) is 0 Å². The molecule has 0 radical (unpaired) electrons. The minimum atomic E-state index is -0.469. The van der Waals surface area contributed by atoms with Crippen LogP contribution in [0.5, 0.6) is 0 Å². The first-order valence-electron chi connectivity index (χ1n) is 7.29. The Labute approximate surface area is 124 Å². The molecule has 110 valence electrons. The van der Waals surface area contributed by atoms with Crippen LogP contribution in [0.4, 0.5) is 4.79 Å². The lowest BCUT2D eigenvalue weighted by molar-refractivity contribution is -0.00622. The van der Waals surface area contributed by atoms with Crippen LogP contribution in [0.2, 0.25) is 0 Å². The van der Waals surface area contributed by atoms with Gasteiger partial charge in [-0.2, -0.15) is 0 Å². The van der Waals surface area contributed by atoms with Crippen LogP contribution < -0.4 is 0 Å². The second-order valence-electron chi connectivity index (χ2n) is 6.40. The molecule has 0 saturated carbocycles. The van der Waals surface area contributed by atoms with E-state index >= 15 is 0 Å². The van der Waals surface area contributed by atoms with Gasteiger partial charge in [0.05, 0.1) is 11.7 Å². The van der Waals surface area contributed by atoms with Crippen molar-refractivity contribution < 1.29 is 9.53 Å². The number of amides is 1. The van der Waals surface area contributed by atoms with E-state index in [1.165, 1.54) is 0 Å². The zero-order valence-corrected chi connectivity index (χ0v) is 12.7. The molecule has 4 heteroatoms. The van der Waals surface area contributed by atoms with Gasteiger partial charge in [0.15, 0.2) is 0 Å². The average Bonchev–Trinajstić information content (AvgIpc) is 2.35. The van der Waals surface area contributed by atoms with E-state index in [4.69, 9.17) is 4.74 Å². The van der Waals surface area contributed by atoms with Crippen molar-refractivity contribution in [3.05, 3.63) is 42.2 Å². The van der Waals surface area contributed by atoms with Crippen molar-refractivity contribution in [1.29, 1.82) is 0 Å². The van der Waals surface area contributed by atoms with E-state index in [0.717, 1.165) is 29.4 Å². The summed E-state index contributed by atoms with van der Waals surface area (Å²) in [5, 5.41) is 2.26. The quantitative estimate of drug-likeness (QED) is 0.797. The Morgan fingerprint density at radius 1 is 1.29 bits per heavy atom. The molecule has 3 rings (SSSR count). The van der Waals surface area contributed by atoms with E-state index in [1.54, 1.807) is 4.90 Å². The number of hydrogen-bond donors (Lipinski definition) is 0. The first-order valence-corrected chi connectivity index (χ1v) is 7.29. The second kappa shape index (κ2) is 5.02. The van der Waals surface area contributed by atoms with E-state index in [9.17, 15) is 4.79 Å². The minimum Gasteiger partial charge on any atom is -0.444 e. The number of benzene rings is 1. The summed E-state index contributed by atoms with van der Waals surface area (Å²) in [6.07, 6.45) is 2.48. The molecular weight excluding hydrogens is 264 g/mol. The molecule has 2 heterocycles. The number of nitrogens with zero attached hydrogens (tertiary/aromatic N) is 2. The van der Waals surface area contributed by atoms with Gasteiger partial charge < -0.3 is 4.74 Å². The first-order chi connectivity index (χ1) is 9.96. The Morgan fingerprint density at radius 2 is 2.05 bits per heavy atom. The van der Waals surface area contributed by atoms with Gasteiger partial charge in [-0.25, -0.2) is 4.79 Å². The second-order valence-corrected chi connectivity index (χ2v) is 6.40. The largest absolute Gasteiger partial charge is 0.444 e. The van der Waals surface area contributed by atoms with Gasteiger partial charge in [-0.1, -0.05) is 24.3 Å². The summed E-state index contributed by atoms with van der Waals surface area (Å²) in [6.45, 7) is 6.38. The molecule has 4 nitrogen and oxygen atoms in total. The molecule has 1 saturated heterocycles. The fourth-order valence-corrected chi connectivity index (χ4v) is 2.62. The van der Waals surface area contributed by atoms with Gasteiger partial charge in [0.25, 0.3) is 0 Å². The topological polar surface area (TPSA) is 42.4 Å². The molecule has 2 aromatic rings. The standard InChI is InChI=1S/C17H20N2O2/c1-17(2,3)21-16(20)19-11-9-14(19)15-13-7-5-4-6-12(13)8-10-18-15/h4-8,10,14H,9,11H2,1-3H3. The Hall–Kier alpha value is -2.10. The molecule has 21 heavy (non-hydrogen) atoms. The van der Waals surface area contributed by atoms with Gasteiger partial charge in [-0.3, -0.25) is 9.88 Å². The number of hydrogen-bond acceptors (Lipinski definition) is 3. The summed E-state index contributed by atoms with van der Waals surface area (Å²) in [7, 11) is 0. The van der Waals surface area contributed by atoms with Gasteiger partial charge in [-0.05, 0) is 38.6 Å². The molecule has 1 aliphatic heterocycles. The summed E-state index contributed by atoms with van der Waals surface area (Å²) in [4.78, 5) is 18.5. The van der Waals surface area contributed by atoms with Gasteiger partial charge in [0.1, 0.15) is 5.60 Å². The number of carbonyl (C=O) groups is 1. The zero-order valence-electron chi connectivity index (χ0n) is 12.7. The van der Waals surface area contributed by atoms with Crippen molar-refractivity contribution in [3.8, 4) is 0 Å². The van der Waals surface area contributed by atoms with Gasteiger partial charge in [0.2, 0.25) is 0 Å². The lowest BCUT2D eigenvalue weighted by atomic mass is 9.95. The van der Waals surface area contributed by atoms with E-state index in [-0.39, 0.29) is 12.1 Å². The van der Waals surface area contributed by atoms with Crippen LogP contribution in [-0.2, 0) is 4.74 Å². The number of pyridine rings is 1. The molecule has 1 atom stereocenters. The third-order valence-electron chi connectivity index (χ3n) is 3.67. The SMILES string of the molecule is CC(C)(C)OC(=O)N1CCC1c1nccc2ccccc12. The predicted molar refractivity (Wildman–Crippen MR) is 82.0 cm³/mol. The molecule has 0 N–H and O–H groups in total. The highest BCUT2D eigenvalue weighted by Gasteiger charge is 2.37. The van der Waals surface area contributed by atoms with Crippen LogP contribution in [-0.4, -0.2) is 28.1 Å². The van der Waals surface area contributed by atoms with Crippen molar-refractivity contribution in [2.45, 2.75) is 38.8 Å². The maximum atomic E-state index is 12.2. The summed E-state index contributed by atoms with van der Waals surface area (Å²) in [5.41, 5.74) is 0.494. The van der Waals surface area contributed by atoms with Crippen LogP contribution in [0.25, 0.3) is 10.8 Å². The van der Waals surface area contributed by atoms with Crippen molar-refractivity contribution in [3.63, 3.8) is 0 Å². The summed E-state index contributed by atoms with van der Waals surface area (Å²) in [6, 6.07) is 10.2. The number of rotatable bonds is 1. The summed E-state index contributed by atoms with van der Waals surface area (Å²) >= 11 is 0. The molecule has 1 aromatic heterocycles. The third-order valence-corrected chi connectivity index (χ3v) is 3.67. The van der Waals surface area contributed by atoms with Crippen LogP contribution in [0.1, 0.15) is 38.9 Å². The van der Waals surface area contributed by atoms with Crippen molar-refractivity contribution in [1.82, 2.24) is 9.88 Å². The Morgan fingerprint density at radius 3 is 2.71 bits per heavy atom. The highest BCUT2D eigenvalue weighted by Crippen LogP contribution is 2.36. The number of likely N-dealkylation sites (tertiary alicyclic amines) is 1. The maximum Gasteiger partial charge on any atom is 0.410 e. The zero-order chi connectivity index (χ0) is 15.0. The Bertz CT molecular complexity index is 671. The third kappa shape index (κ3) is 2.71. The minimum absolute atomic E-state index is 0.0194. The summed E-state index contributed by atoms with van der Waals surface area (Å²) < 4.78 is 5.46. The molecular formula is C17H20N2O2. The molecule has 0 aliphatic carbocycles. The highest BCUT2D eigenvalue weighted by atomic mass is 16.6. The van der Waals surface area contributed by atoms with Crippen molar-refractivity contribution in [2.75, 3.05) is 6.54 Å². The number of ether oxygens (including phenoxy) is 1. The molecule has 1 amide bonds. The predicted octanol–water partition coefficient (Wildman–Crippen LogP) is 3.92. The van der Waals surface area contributed by atoms with Gasteiger partial charge in [0, 0.05) is 18.1 Å². The molecule has 1 aromatic carbocycles. The van der Waals surface area contributed by atoms with E-state index in [2.05, 4.69) is 17.1 Å². The van der Waals surface area contributed by atoms with Gasteiger partial charge in [-0.15, -0.1) is 0 Å². The number of aromatic nitrogens is 1. The molecule has 0 bridgehead atoms. The van der Waals surface area contributed by atoms with E-state index in [1.807, 2.05) is 45.2 Å². The Kier molecular flexibility index (Phi) is 3.32. The number of carbonyl (C=O) groups excluding carboxylic acids is 1. The lowest BCUT2D eigenvalue weighted by Crippen LogP contribution is -2.47. The fourth-order valence-electron chi connectivity index (χ4n) is 2.62. The molecule has 1 unspecified atom stereocenters. The molecule has 0 spiro atoms. The molecule has 1 aliphatic rings. The fraction of sp³-hybridized carbons (Fsp3) is 0.412. The van der Waals surface area contributed by atoms with Crippen molar-refractivity contribution in [2.24, 2.45) is 0 Å². The van der Waals surface area contributed by atoms with E-state index in [0.29, 0.717) is 0 Å². The maximum absolute atomic E-state index is 12.2. The normalized spacial score (nSPS) is 18.4. The summed E-state index contributed by atoms with van der Waals surface area (Å²) in [5.74, 6) is 0. The van der Waals surface area contributed by atoms with Crippen molar-refractivity contribution >= 4 is 16.9 Å². The monoisotopic (exact) mass is 284 g/mol. The molecule has 1 fully saturated rings. The van der Waals surface area contributed by atoms with Crippen LogP contribution >= 0.6 is 0 Å². The average molecular weight is 284 g/mol. The Balaban J connectivity index is 1.88. The van der Waals surface area contributed by atoms with Gasteiger partial charge >= 0.3 is 6.09 Å². The number of fused-ring (bicyclic) bond motifs is 1. The van der Waals surface area contributed by atoms with Crippen LogP contribution in [0, 0.1) is 0 Å². The highest BCUT2D eigenvalue weighted by molar-refractivity contribution is 5.85. The smallest absolute Gasteiger partial charge is 0.410 e. The lowest BCUT2D eigenvalue weighted by Gasteiger charge is -2.41.